The van der Waals surface area contributed by atoms with Gasteiger partial charge in [0.15, 0.2) is 0 Å². The van der Waals surface area contributed by atoms with Crippen LogP contribution in [-0.2, 0) is 0 Å². The summed E-state index contributed by atoms with van der Waals surface area (Å²) >= 11 is 1.22. The van der Waals surface area contributed by atoms with Crippen LogP contribution in [0.25, 0.3) is 0 Å². The van der Waals surface area contributed by atoms with Crippen molar-refractivity contribution < 1.29 is 15.0 Å². The summed E-state index contributed by atoms with van der Waals surface area (Å²) in [6.45, 7) is 3.34. The molecule has 0 aliphatic heterocycles. The number of carboxylic acid groups (broad SMARTS) is 1. The number of aliphatic hydroxyl groups excluding tert-OH is 1. The first-order valence-corrected chi connectivity index (χ1v) is 5.37. The molecular weight excluding hydrogens is 216 g/mol. The van der Waals surface area contributed by atoms with Crippen molar-refractivity contribution >= 4 is 17.7 Å². The van der Waals surface area contributed by atoms with E-state index in [0.717, 1.165) is 0 Å². The Hall–Kier alpha value is -1.14. The van der Waals surface area contributed by atoms with Crippen LogP contribution in [0.1, 0.15) is 21.9 Å². The molecule has 0 aromatic carbocycles. The van der Waals surface area contributed by atoms with Crippen LogP contribution in [0, 0.1) is 13.8 Å². The maximum Gasteiger partial charge on any atom is 0.340 e. The van der Waals surface area contributed by atoms with Crippen molar-refractivity contribution in [2.24, 2.45) is 0 Å². The van der Waals surface area contributed by atoms with Crippen molar-refractivity contribution in [3.05, 3.63) is 17.1 Å². The fourth-order valence-electron chi connectivity index (χ4n) is 1.17. The molecule has 0 spiro atoms. The van der Waals surface area contributed by atoms with Crippen molar-refractivity contribution in [1.29, 1.82) is 0 Å². The minimum absolute atomic E-state index is 0.00811. The molecule has 0 atom stereocenters. The molecule has 1 aromatic rings. The average Bonchev–Trinajstić information content (AvgIpc) is 2.12. The summed E-state index contributed by atoms with van der Waals surface area (Å²) in [7, 11) is 0. The van der Waals surface area contributed by atoms with Gasteiger partial charge in [0.05, 0.1) is 12.3 Å². The smallest absolute Gasteiger partial charge is 0.340 e. The van der Waals surface area contributed by atoms with Crippen LogP contribution in [0.3, 0.4) is 0 Å². The summed E-state index contributed by atoms with van der Waals surface area (Å²) in [6.07, 6.45) is 0. The van der Waals surface area contributed by atoms with E-state index in [1.54, 1.807) is 13.8 Å². The van der Waals surface area contributed by atoms with Gasteiger partial charge >= 0.3 is 5.97 Å². The quantitative estimate of drug-likeness (QED) is 0.588. The third kappa shape index (κ3) is 2.90. The fourth-order valence-corrected chi connectivity index (χ4v) is 2.03. The van der Waals surface area contributed by atoms with E-state index in [1.807, 2.05) is 0 Å². The second-order valence-corrected chi connectivity index (χ2v) is 4.00. The van der Waals surface area contributed by atoms with Gasteiger partial charge < -0.3 is 10.2 Å². The number of aliphatic hydroxyl groups is 1. The normalized spacial score (nSPS) is 10.3. The molecule has 2 N–H and O–H groups in total. The van der Waals surface area contributed by atoms with Crippen molar-refractivity contribution in [2.45, 2.75) is 18.9 Å². The van der Waals surface area contributed by atoms with Gasteiger partial charge in [-0.1, -0.05) is 0 Å². The van der Waals surface area contributed by atoms with Gasteiger partial charge in [0.25, 0.3) is 0 Å². The second kappa shape index (κ2) is 5.09. The minimum atomic E-state index is -1.03. The number of nitrogens with zero attached hydrogens (tertiary/aromatic N) is 2. The molecule has 0 unspecified atom stereocenters. The maximum absolute atomic E-state index is 11.0. The van der Waals surface area contributed by atoms with E-state index < -0.39 is 5.97 Å². The molecule has 1 heterocycles. The molecule has 15 heavy (non-hydrogen) atoms. The number of rotatable bonds is 4. The summed E-state index contributed by atoms with van der Waals surface area (Å²) < 4.78 is 0. The highest BCUT2D eigenvalue weighted by molar-refractivity contribution is 7.99. The molecule has 0 radical (unpaired) electrons. The number of thioether (sulfide) groups is 1. The predicted octanol–water partition coefficient (Wildman–Crippen LogP) is 0.876. The molecular formula is C9H12N2O3S. The molecule has 1 aromatic heterocycles. The lowest BCUT2D eigenvalue weighted by molar-refractivity contribution is 0.0690. The molecule has 6 heteroatoms. The SMILES string of the molecule is Cc1nc(C)c(C(=O)O)c(SCCO)n1. The Bertz CT molecular complexity index is 382. The van der Waals surface area contributed by atoms with Crippen molar-refractivity contribution in [1.82, 2.24) is 9.97 Å². The van der Waals surface area contributed by atoms with Crippen LogP contribution >= 0.6 is 11.8 Å². The molecule has 0 amide bonds. The predicted molar refractivity (Wildman–Crippen MR) is 56.3 cm³/mol. The Morgan fingerprint density at radius 1 is 1.40 bits per heavy atom. The third-order valence-electron chi connectivity index (χ3n) is 1.71. The van der Waals surface area contributed by atoms with Gasteiger partial charge in [-0.05, 0) is 13.8 Å². The topological polar surface area (TPSA) is 83.3 Å². The van der Waals surface area contributed by atoms with E-state index in [9.17, 15) is 4.79 Å². The Labute approximate surface area is 91.6 Å². The lowest BCUT2D eigenvalue weighted by Gasteiger charge is -2.07. The number of carbonyl (C=O) groups is 1. The van der Waals surface area contributed by atoms with Crippen molar-refractivity contribution in [3.8, 4) is 0 Å². The van der Waals surface area contributed by atoms with Crippen LogP contribution in [0.4, 0.5) is 0 Å². The van der Waals surface area contributed by atoms with Crippen molar-refractivity contribution in [2.75, 3.05) is 12.4 Å². The lowest BCUT2D eigenvalue weighted by atomic mass is 10.2. The number of hydrogen-bond acceptors (Lipinski definition) is 5. The zero-order valence-electron chi connectivity index (χ0n) is 8.52. The van der Waals surface area contributed by atoms with Gasteiger partial charge in [-0.25, -0.2) is 14.8 Å². The number of aryl methyl sites for hydroxylation is 2. The molecule has 5 nitrogen and oxygen atoms in total. The van der Waals surface area contributed by atoms with E-state index in [0.29, 0.717) is 22.3 Å². The Kier molecular flexibility index (Phi) is 4.05. The van der Waals surface area contributed by atoms with Gasteiger partial charge in [-0.2, -0.15) is 0 Å². The summed E-state index contributed by atoms with van der Waals surface area (Å²) in [6, 6.07) is 0. The molecule has 1 rings (SSSR count). The summed E-state index contributed by atoms with van der Waals surface area (Å²) in [4.78, 5) is 19.0. The summed E-state index contributed by atoms with van der Waals surface area (Å²) in [5, 5.41) is 18.1. The largest absolute Gasteiger partial charge is 0.478 e. The number of aromatic carboxylic acids is 1. The van der Waals surface area contributed by atoms with Crippen molar-refractivity contribution in [3.63, 3.8) is 0 Å². The Morgan fingerprint density at radius 2 is 2.07 bits per heavy atom. The highest BCUT2D eigenvalue weighted by Gasteiger charge is 2.16. The Morgan fingerprint density at radius 3 is 2.60 bits per heavy atom. The number of carboxylic acids is 1. The summed E-state index contributed by atoms with van der Waals surface area (Å²) in [5.41, 5.74) is 0.578. The van der Waals surface area contributed by atoms with E-state index in [2.05, 4.69) is 9.97 Å². The fraction of sp³-hybridized carbons (Fsp3) is 0.444. The van der Waals surface area contributed by atoms with Crippen LogP contribution in [0.15, 0.2) is 5.03 Å². The highest BCUT2D eigenvalue weighted by Crippen LogP contribution is 2.22. The first kappa shape index (κ1) is 11.9. The van der Waals surface area contributed by atoms with E-state index >= 15 is 0 Å². The zero-order valence-corrected chi connectivity index (χ0v) is 9.34. The van der Waals surface area contributed by atoms with E-state index in [-0.39, 0.29) is 12.2 Å². The lowest BCUT2D eigenvalue weighted by Crippen LogP contribution is -2.08. The molecule has 0 saturated carbocycles. The second-order valence-electron chi connectivity index (χ2n) is 2.91. The molecule has 0 saturated heterocycles. The molecule has 0 fully saturated rings. The van der Waals surface area contributed by atoms with Gasteiger partial charge in [0.1, 0.15) is 16.4 Å². The standard InChI is InChI=1S/C9H12N2O3S/c1-5-7(9(13)14)8(15-4-3-12)11-6(2)10-5/h12H,3-4H2,1-2H3,(H,13,14). The van der Waals surface area contributed by atoms with Crippen LogP contribution < -0.4 is 0 Å². The van der Waals surface area contributed by atoms with Crippen LogP contribution in [-0.4, -0.2) is 38.5 Å². The third-order valence-corrected chi connectivity index (χ3v) is 2.67. The molecule has 0 aliphatic carbocycles. The Balaban J connectivity index is 3.14. The number of hydrogen-bond donors (Lipinski definition) is 2. The van der Waals surface area contributed by atoms with Gasteiger partial charge in [-0.3, -0.25) is 0 Å². The first-order valence-electron chi connectivity index (χ1n) is 4.38. The highest BCUT2D eigenvalue weighted by atomic mass is 32.2. The van der Waals surface area contributed by atoms with Crippen LogP contribution in [0.2, 0.25) is 0 Å². The first-order chi connectivity index (χ1) is 7.06. The molecule has 0 aliphatic rings. The van der Waals surface area contributed by atoms with Crippen LogP contribution in [0.5, 0.6) is 0 Å². The molecule has 82 valence electrons. The van der Waals surface area contributed by atoms with Gasteiger partial charge in [0, 0.05) is 5.75 Å². The average molecular weight is 228 g/mol. The maximum atomic E-state index is 11.0. The zero-order chi connectivity index (χ0) is 11.4. The van der Waals surface area contributed by atoms with Gasteiger partial charge in [-0.15, -0.1) is 11.8 Å². The monoisotopic (exact) mass is 228 g/mol. The summed E-state index contributed by atoms with van der Waals surface area (Å²) in [5.74, 6) is -0.0678. The molecule has 0 bridgehead atoms. The van der Waals surface area contributed by atoms with E-state index in [1.165, 1.54) is 11.8 Å². The van der Waals surface area contributed by atoms with E-state index in [4.69, 9.17) is 10.2 Å². The number of aromatic nitrogens is 2. The minimum Gasteiger partial charge on any atom is -0.478 e. The van der Waals surface area contributed by atoms with Gasteiger partial charge in [0.2, 0.25) is 0 Å².